The second kappa shape index (κ2) is 6.69. The first-order valence-electron chi connectivity index (χ1n) is 7.98. The molecule has 1 aliphatic carbocycles. The van der Waals surface area contributed by atoms with Gasteiger partial charge in [0.15, 0.2) is 0 Å². The summed E-state index contributed by atoms with van der Waals surface area (Å²) >= 11 is 0. The maximum absolute atomic E-state index is 12.3. The van der Waals surface area contributed by atoms with Gasteiger partial charge in [0.1, 0.15) is 11.4 Å². The van der Waals surface area contributed by atoms with Gasteiger partial charge in [-0.05, 0) is 62.9 Å². The molecule has 1 atom stereocenters. The molecular formula is C18H21N3O2. The van der Waals surface area contributed by atoms with Crippen LogP contribution in [0.1, 0.15) is 43.1 Å². The standard InChI is InChI=1S/C18H21N3O2/c1-12(13-5-3-2-4-6-13)19-18(23)17-11-16(20-21-17)14-7-9-15(22)10-8-14/h5,7-12,22H,2-4,6H2,1H3,(H,19,23)(H,20,21). The summed E-state index contributed by atoms with van der Waals surface area (Å²) in [4.78, 5) is 12.3. The van der Waals surface area contributed by atoms with E-state index in [9.17, 15) is 9.90 Å². The Hall–Kier alpha value is -2.56. The first kappa shape index (κ1) is 15.3. The third kappa shape index (κ3) is 3.62. The van der Waals surface area contributed by atoms with Gasteiger partial charge in [-0.15, -0.1) is 0 Å². The molecule has 0 fully saturated rings. The van der Waals surface area contributed by atoms with E-state index in [0.29, 0.717) is 11.4 Å². The smallest absolute Gasteiger partial charge is 0.269 e. The van der Waals surface area contributed by atoms with E-state index in [1.165, 1.54) is 18.4 Å². The van der Waals surface area contributed by atoms with E-state index < -0.39 is 0 Å². The normalized spacial score (nSPS) is 15.8. The van der Waals surface area contributed by atoms with Crippen molar-refractivity contribution in [3.05, 3.63) is 47.7 Å². The molecule has 1 unspecified atom stereocenters. The molecule has 5 heteroatoms. The van der Waals surface area contributed by atoms with Crippen molar-refractivity contribution in [2.45, 2.75) is 38.6 Å². The molecule has 0 saturated heterocycles. The molecule has 3 rings (SSSR count). The SMILES string of the molecule is CC(NC(=O)c1cc(-c2ccc(O)cc2)n[nH]1)C1=CCCCC1. The van der Waals surface area contributed by atoms with E-state index in [0.717, 1.165) is 18.4 Å². The number of nitrogens with one attached hydrogen (secondary N) is 2. The van der Waals surface area contributed by atoms with Crippen LogP contribution < -0.4 is 5.32 Å². The summed E-state index contributed by atoms with van der Waals surface area (Å²) in [6, 6.07) is 8.50. The van der Waals surface area contributed by atoms with Gasteiger partial charge in [0.25, 0.3) is 5.91 Å². The van der Waals surface area contributed by atoms with Crippen LogP contribution in [0, 0.1) is 0 Å². The lowest BCUT2D eigenvalue weighted by Crippen LogP contribution is -2.34. The second-order valence-corrected chi connectivity index (χ2v) is 5.93. The number of phenolic OH excluding ortho intramolecular Hbond substituents is 1. The van der Waals surface area contributed by atoms with Crippen LogP contribution in [0.25, 0.3) is 11.3 Å². The number of carbonyl (C=O) groups excluding carboxylic acids is 1. The highest BCUT2D eigenvalue weighted by atomic mass is 16.3. The highest BCUT2D eigenvalue weighted by molar-refractivity contribution is 5.93. The second-order valence-electron chi connectivity index (χ2n) is 5.93. The summed E-state index contributed by atoms with van der Waals surface area (Å²) in [7, 11) is 0. The summed E-state index contributed by atoms with van der Waals surface area (Å²) in [6.45, 7) is 2.02. The maximum Gasteiger partial charge on any atom is 0.269 e. The summed E-state index contributed by atoms with van der Waals surface area (Å²) < 4.78 is 0. The van der Waals surface area contributed by atoms with Crippen LogP contribution in [0.4, 0.5) is 0 Å². The van der Waals surface area contributed by atoms with E-state index in [1.54, 1.807) is 30.3 Å². The van der Waals surface area contributed by atoms with Gasteiger partial charge >= 0.3 is 0 Å². The van der Waals surface area contributed by atoms with Crippen molar-refractivity contribution in [3.63, 3.8) is 0 Å². The lowest BCUT2D eigenvalue weighted by molar-refractivity contribution is 0.0939. The van der Waals surface area contributed by atoms with E-state index >= 15 is 0 Å². The molecule has 120 valence electrons. The van der Waals surface area contributed by atoms with E-state index in [-0.39, 0.29) is 17.7 Å². The molecule has 1 aromatic carbocycles. The van der Waals surface area contributed by atoms with Crippen LogP contribution in [-0.4, -0.2) is 27.3 Å². The number of hydrogen-bond donors (Lipinski definition) is 3. The van der Waals surface area contributed by atoms with Gasteiger partial charge in [-0.3, -0.25) is 9.89 Å². The third-order valence-electron chi connectivity index (χ3n) is 4.22. The minimum absolute atomic E-state index is 0.0447. The molecule has 1 aliphatic rings. The van der Waals surface area contributed by atoms with Crippen molar-refractivity contribution in [1.82, 2.24) is 15.5 Å². The molecule has 0 saturated carbocycles. The van der Waals surface area contributed by atoms with Crippen molar-refractivity contribution in [3.8, 4) is 17.0 Å². The molecular weight excluding hydrogens is 290 g/mol. The number of aromatic nitrogens is 2. The van der Waals surface area contributed by atoms with Crippen molar-refractivity contribution < 1.29 is 9.90 Å². The number of nitrogens with zero attached hydrogens (tertiary/aromatic N) is 1. The minimum Gasteiger partial charge on any atom is -0.508 e. The van der Waals surface area contributed by atoms with Gasteiger partial charge in [-0.1, -0.05) is 11.6 Å². The summed E-state index contributed by atoms with van der Waals surface area (Å²) in [5.41, 5.74) is 3.28. The Labute approximate surface area is 135 Å². The number of carbonyl (C=O) groups is 1. The molecule has 1 amide bonds. The first-order chi connectivity index (χ1) is 11.1. The highest BCUT2D eigenvalue weighted by Gasteiger charge is 2.17. The molecule has 0 radical (unpaired) electrons. The van der Waals surface area contributed by atoms with Gasteiger partial charge in [0.05, 0.1) is 5.69 Å². The van der Waals surface area contributed by atoms with Crippen LogP contribution in [-0.2, 0) is 0 Å². The molecule has 0 spiro atoms. The number of hydrogen-bond acceptors (Lipinski definition) is 3. The zero-order chi connectivity index (χ0) is 16.2. The number of H-pyrrole nitrogens is 1. The predicted molar refractivity (Wildman–Crippen MR) is 89.2 cm³/mol. The summed E-state index contributed by atoms with van der Waals surface area (Å²) in [6.07, 6.45) is 6.83. The number of allylic oxidation sites excluding steroid dienone is 1. The molecule has 2 aromatic rings. The van der Waals surface area contributed by atoms with Crippen LogP contribution in [0.15, 0.2) is 42.0 Å². The summed E-state index contributed by atoms with van der Waals surface area (Å²) in [5, 5.41) is 19.3. The Morgan fingerprint density at radius 3 is 2.78 bits per heavy atom. The van der Waals surface area contributed by atoms with Gasteiger partial charge in [0.2, 0.25) is 0 Å². The summed E-state index contributed by atoms with van der Waals surface area (Å²) in [5.74, 6) is 0.0540. The van der Waals surface area contributed by atoms with Crippen molar-refractivity contribution >= 4 is 5.91 Å². The fraction of sp³-hybridized carbons (Fsp3) is 0.333. The average molecular weight is 311 g/mol. The number of amides is 1. The Morgan fingerprint density at radius 2 is 2.09 bits per heavy atom. The minimum atomic E-state index is -0.151. The van der Waals surface area contributed by atoms with Gasteiger partial charge in [-0.2, -0.15) is 5.10 Å². The Kier molecular flexibility index (Phi) is 4.46. The molecule has 0 aliphatic heterocycles. The topological polar surface area (TPSA) is 78.0 Å². The Bertz CT molecular complexity index is 716. The molecule has 5 nitrogen and oxygen atoms in total. The zero-order valence-corrected chi connectivity index (χ0v) is 13.2. The van der Waals surface area contributed by atoms with E-state index in [1.807, 2.05) is 6.92 Å². The zero-order valence-electron chi connectivity index (χ0n) is 13.2. The molecule has 1 aromatic heterocycles. The van der Waals surface area contributed by atoms with Gasteiger partial charge in [-0.25, -0.2) is 0 Å². The van der Waals surface area contributed by atoms with Crippen molar-refractivity contribution in [2.24, 2.45) is 0 Å². The van der Waals surface area contributed by atoms with Crippen molar-refractivity contribution in [2.75, 3.05) is 0 Å². The molecule has 1 heterocycles. The quantitative estimate of drug-likeness (QED) is 0.757. The molecule has 0 bridgehead atoms. The van der Waals surface area contributed by atoms with Crippen LogP contribution >= 0.6 is 0 Å². The van der Waals surface area contributed by atoms with E-state index in [2.05, 4.69) is 21.6 Å². The Balaban J connectivity index is 1.68. The van der Waals surface area contributed by atoms with Crippen LogP contribution in [0.2, 0.25) is 0 Å². The largest absolute Gasteiger partial charge is 0.508 e. The predicted octanol–water partition coefficient (Wildman–Crippen LogP) is 3.40. The van der Waals surface area contributed by atoms with Crippen LogP contribution in [0.3, 0.4) is 0 Å². The number of aromatic amines is 1. The lowest BCUT2D eigenvalue weighted by atomic mass is 9.95. The number of benzene rings is 1. The number of rotatable bonds is 4. The first-order valence-corrected chi connectivity index (χ1v) is 7.98. The average Bonchev–Trinajstić information content (AvgIpc) is 3.06. The van der Waals surface area contributed by atoms with Gasteiger partial charge in [0, 0.05) is 11.6 Å². The van der Waals surface area contributed by atoms with E-state index in [4.69, 9.17) is 0 Å². The maximum atomic E-state index is 12.3. The fourth-order valence-corrected chi connectivity index (χ4v) is 2.84. The van der Waals surface area contributed by atoms with Gasteiger partial charge < -0.3 is 10.4 Å². The Morgan fingerprint density at radius 1 is 1.30 bits per heavy atom. The highest BCUT2D eigenvalue weighted by Crippen LogP contribution is 2.22. The third-order valence-corrected chi connectivity index (χ3v) is 4.22. The number of aromatic hydroxyl groups is 1. The molecule has 23 heavy (non-hydrogen) atoms. The van der Waals surface area contributed by atoms with Crippen molar-refractivity contribution in [1.29, 1.82) is 0 Å². The molecule has 3 N–H and O–H groups in total. The fourth-order valence-electron chi connectivity index (χ4n) is 2.84. The number of phenols is 1. The lowest BCUT2D eigenvalue weighted by Gasteiger charge is -2.20. The van der Waals surface area contributed by atoms with Crippen LogP contribution in [0.5, 0.6) is 5.75 Å². The monoisotopic (exact) mass is 311 g/mol.